The van der Waals surface area contributed by atoms with Gasteiger partial charge in [-0.2, -0.15) is 5.10 Å². The lowest BCUT2D eigenvalue weighted by atomic mass is 10.1. The number of methoxy groups -OCH3 is 1. The third kappa shape index (κ3) is 2.35. The molecular weight excluding hydrogens is 262 g/mol. The second-order valence-electron chi connectivity index (χ2n) is 4.11. The van der Waals surface area contributed by atoms with Crippen LogP contribution in [0.25, 0.3) is 22.2 Å². The van der Waals surface area contributed by atoms with Gasteiger partial charge >= 0.3 is 0 Å². The molecule has 0 spiro atoms. The summed E-state index contributed by atoms with van der Waals surface area (Å²) in [6, 6.07) is 13.6. The lowest BCUT2D eigenvalue weighted by molar-refractivity contribution is 0.415. The Morgan fingerprint density at radius 1 is 1.16 bits per heavy atom. The first-order chi connectivity index (χ1) is 8.78. The molecular formula is C14H14ClN3O. The molecule has 0 unspecified atom stereocenters. The summed E-state index contributed by atoms with van der Waals surface area (Å²) in [5.74, 6) is 0.819. The number of benzene rings is 2. The summed E-state index contributed by atoms with van der Waals surface area (Å²) in [5.41, 5.74) is 9.34. The molecule has 19 heavy (non-hydrogen) atoms. The van der Waals surface area contributed by atoms with Crippen LogP contribution in [0.4, 0.5) is 5.69 Å². The van der Waals surface area contributed by atoms with Crippen LogP contribution in [0.15, 0.2) is 42.5 Å². The maximum absolute atomic E-state index is 5.75. The van der Waals surface area contributed by atoms with Crippen LogP contribution in [-0.4, -0.2) is 17.3 Å². The van der Waals surface area contributed by atoms with E-state index < -0.39 is 0 Å². The summed E-state index contributed by atoms with van der Waals surface area (Å²) in [7, 11) is 1.66. The van der Waals surface area contributed by atoms with Crippen LogP contribution in [0.2, 0.25) is 0 Å². The van der Waals surface area contributed by atoms with E-state index in [0.29, 0.717) is 0 Å². The number of rotatable bonds is 2. The number of hydrogen-bond acceptors (Lipinski definition) is 3. The van der Waals surface area contributed by atoms with Gasteiger partial charge in [-0.15, -0.1) is 12.4 Å². The largest absolute Gasteiger partial charge is 0.497 e. The Morgan fingerprint density at radius 2 is 2.00 bits per heavy atom. The monoisotopic (exact) mass is 275 g/mol. The molecule has 2 aromatic carbocycles. The van der Waals surface area contributed by atoms with Crippen molar-refractivity contribution in [1.29, 1.82) is 0 Å². The molecule has 0 atom stereocenters. The summed E-state index contributed by atoms with van der Waals surface area (Å²) < 4.78 is 5.23. The van der Waals surface area contributed by atoms with Crippen molar-refractivity contribution in [2.75, 3.05) is 12.8 Å². The number of aromatic amines is 1. The van der Waals surface area contributed by atoms with Gasteiger partial charge in [-0.3, -0.25) is 5.10 Å². The Hall–Kier alpha value is -2.20. The smallest absolute Gasteiger partial charge is 0.119 e. The molecule has 0 aliphatic carbocycles. The molecule has 0 amide bonds. The van der Waals surface area contributed by atoms with E-state index in [1.54, 1.807) is 7.11 Å². The number of H-pyrrole nitrogens is 1. The van der Waals surface area contributed by atoms with Gasteiger partial charge in [0.05, 0.1) is 12.6 Å². The van der Waals surface area contributed by atoms with Crippen molar-refractivity contribution in [3.05, 3.63) is 42.5 Å². The van der Waals surface area contributed by atoms with Crippen molar-refractivity contribution in [3.8, 4) is 17.0 Å². The molecule has 3 rings (SSSR count). The van der Waals surface area contributed by atoms with Gasteiger partial charge in [0.1, 0.15) is 11.4 Å². The lowest BCUT2D eigenvalue weighted by Crippen LogP contribution is -1.85. The number of halogens is 1. The number of anilines is 1. The van der Waals surface area contributed by atoms with E-state index >= 15 is 0 Å². The van der Waals surface area contributed by atoms with Crippen LogP contribution >= 0.6 is 12.4 Å². The Kier molecular flexibility index (Phi) is 3.62. The van der Waals surface area contributed by atoms with Gasteiger partial charge in [-0.05, 0) is 30.3 Å². The van der Waals surface area contributed by atoms with E-state index in [9.17, 15) is 0 Å². The van der Waals surface area contributed by atoms with Gasteiger partial charge in [0.2, 0.25) is 0 Å². The average Bonchev–Trinajstić information content (AvgIpc) is 2.81. The van der Waals surface area contributed by atoms with Crippen LogP contribution in [-0.2, 0) is 0 Å². The highest BCUT2D eigenvalue weighted by Gasteiger charge is 2.08. The number of nitrogens with zero attached hydrogens (tertiary/aromatic N) is 1. The van der Waals surface area contributed by atoms with Crippen molar-refractivity contribution in [2.24, 2.45) is 0 Å². The van der Waals surface area contributed by atoms with Crippen molar-refractivity contribution in [3.63, 3.8) is 0 Å². The maximum atomic E-state index is 5.75. The van der Waals surface area contributed by atoms with Gasteiger partial charge in [0.25, 0.3) is 0 Å². The molecule has 1 heterocycles. The van der Waals surface area contributed by atoms with E-state index in [0.717, 1.165) is 33.6 Å². The zero-order chi connectivity index (χ0) is 12.5. The molecule has 3 N–H and O–H groups in total. The highest BCUT2D eigenvalue weighted by Crippen LogP contribution is 2.29. The summed E-state index contributed by atoms with van der Waals surface area (Å²) in [5, 5.41) is 8.39. The van der Waals surface area contributed by atoms with E-state index in [1.165, 1.54) is 0 Å². The number of nitrogens with one attached hydrogen (secondary N) is 1. The Balaban J connectivity index is 0.00000133. The highest BCUT2D eigenvalue weighted by molar-refractivity contribution is 5.94. The van der Waals surface area contributed by atoms with Crippen LogP contribution < -0.4 is 10.5 Å². The van der Waals surface area contributed by atoms with Crippen LogP contribution in [0.1, 0.15) is 0 Å². The van der Waals surface area contributed by atoms with Crippen LogP contribution in [0.5, 0.6) is 5.75 Å². The average molecular weight is 276 g/mol. The summed E-state index contributed by atoms with van der Waals surface area (Å²) >= 11 is 0. The number of ether oxygens (including phenoxy) is 1. The standard InChI is InChI=1S/C14H13N3O.ClH/c1-18-11-4-2-3-9(7-11)14-12-6-5-10(15)8-13(12)16-17-14;/h2-8H,15H2,1H3,(H,16,17);1H. The number of fused-ring (bicyclic) bond motifs is 1. The Morgan fingerprint density at radius 3 is 2.79 bits per heavy atom. The molecule has 0 aliphatic heterocycles. The van der Waals surface area contributed by atoms with Crippen LogP contribution in [0.3, 0.4) is 0 Å². The fourth-order valence-corrected chi connectivity index (χ4v) is 2.03. The van der Waals surface area contributed by atoms with Gasteiger partial charge in [0.15, 0.2) is 0 Å². The SMILES string of the molecule is COc1cccc(-c2n[nH]c3cc(N)ccc23)c1.Cl. The number of aromatic nitrogens is 2. The molecule has 0 saturated heterocycles. The normalized spacial score (nSPS) is 10.2. The summed E-state index contributed by atoms with van der Waals surface area (Å²) in [4.78, 5) is 0. The van der Waals surface area contributed by atoms with Crippen molar-refractivity contribution < 1.29 is 4.74 Å². The zero-order valence-electron chi connectivity index (χ0n) is 10.4. The first-order valence-corrected chi connectivity index (χ1v) is 5.66. The Labute approximate surface area is 117 Å². The summed E-state index contributed by atoms with van der Waals surface area (Å²) in [6.45, 7) is 0. The molecule has 1 aromatic heterocycles. The van der Waals surface area contributed by atoms with Gasteiger partial charge in [-0.25, -0.2) is 0 Å². The lowest BCUT2D eigenvalue weighted by Gasteiger charge is -2.02. The van der Waals surface area contributed by atoms with Gasteiger partial charge < -0.3 is 10.5 Å². The number of hydrogen-bond donors (Lipinski definition) is 2. The van der Waals surface area contributed by atoms with Crippen LogP contribution in [0, 0.1) is 0 Å². The highest BCUT2D eigenvalue weighted by atomic mass is 35.5. The molecule has 0 fully saturated rings. The van der Waals surface area contributed by atoms with E-state index in [4.69, 9.17) is 10.5 Å². The third-order valence-corrected chi connectivity index (χ3v) is 2.93. The van der Waals surface area contributed by atoms with E-state index in [-0.39, 0.29) is 12.4 Å². The molecule has 5 heteroatoms. The predicted molar refractivity (Wildman–Crippen MR) is 79.7 cm³/mol. The molecule has 0 bridgehead atoms. The first kappa shape index (κ1) is 13.2. The first-order valence-electron chi connectivity index (χ1n) is 5.66. The van der Waals surface area contributed by atoms with E-state index in [2.05, 4.69) is 10.2 Å². The summed E-state index contributed by atoms with van der Waals surface area (Å²) in [6.07, 6.45) is 0. The molecule has 0 aliphatic rings. The van der Waals surface area contributed by atoms with Gasteiger partial charge in [-0.1, -0.05) is 12.1 Å². The topological polar surface area (TPSA) is 63.9 Å². The van der Waals surface area contributed by atoms with Gasteiger partial charge in [0, 0.05) is 16.6 Å². The zero-order valence-corrected chi connectivity index (χ0v) is 11.2. The molecule has 98 valence electrons. The number of nitrogens with two attached hydrogens (primary N) is 1. The minimum atomic E-state index is 0. The minimum Gasteiger partial charge on any atom is -0.497 e. The van der Waals surface area contributed by atoms with Crippen molar-refractivity contribution in [1.82, 2.24) is 10.2 Å². The predicted octanol–water partition coefficient (Wildman–Crippen LogP) is 3.24. The fourth-order valence-electron chi connectivity index (χ4n) is 2.03. The fraction of sp³-hybridized carbons (Fsp3) is 0.0714. The molecule has 0 saturated carbocycles. The van der Waals surface area contributed by atoms with E-state index in [1.807, 2.05) is 42.5 Å². The number of nitrogen functional groups attached to an aromatic ring is 1. The maximum Gasteiger partial charge on any atom is 0.119 e. The second kappa shape index (κ2) is 5.20. The quantitative estimate of drug-likeness (QED) is 0.706. The molecule has 0 radical (unpaired) electrons. The molecule has 4 nitrogen and oxygen atoms in total. The van der Waals surface area contributed by atoms with Crippen molar-refractivity contribution in [2.45, 2.75) is 0 Å². The third-order valence-electron chi connectivity index (χ3n) is 2.93. The molecule has 3 aromatic rings. The minimum absolute atomic E-state index is 0. The second-order valence-corrected chi connectivity index (χ2v) is 4.11. The Bertz CT molecular complexity index is 709. The van der Waals surface area contributed by atoms with Crippen molar-refractivity contribution >= 4 is 29.0 Å².